The van der Waals surface area contributed by atoms with Crippen molar-refractivity contribution < 1.29 is 13.2 Å². The van der Waals surface area contributed by atoms with E-state index in [1.807, 2.05) is 6.20 Å². The molecule has 0 aliphatic heterocycles. The Hall–Kier alpha value is -1.83. The molecule has 0 unspecified atom stereocenters. The van der Waals surface area contributed by atoms with Gasteiger partial charge in [-0.05, 0) is 12.5 Å². The Morgan fingerprint density at radius 2 is 2.10 bits per heavy atom. The summed E-state index contributed by atoms with van der Waals surface area (Å²) in [6.45, 7) is 1.11. The summed E-state index contributed by atoms with van der Waals surface area (Å²) in [5.41, 5.74) is 0. The van der Waals surface area contributed by atoms with Crippen LogP contribution in [0.25, 0.3) is 0 Å². The Morgan fingerprint density at radius 3 is 2.75 bits per heavy atom. The number of aromatic nitrogens is 4. The van der Waals surface area contributed by atoms with Gasteiger partial charge in [-0.2, -0.15) is 18.3 Å². The first kappa shape index (κ1) is 14.6. The normalized spacial score (nSPS) is 11.6. The Morgan fingerprint density at radius 1 is 1.30 bits per heavy atom. The smallest absolute Gasteiger partial charge is 0.370 e. The van der Waals surface area contributed by atoms with Crippen LogP contribution in [0.5, 0.6) is 0 Å². The van der Waals surface area contributed by atoms with Gasteiger partial charge < -0.3 is 5.32 Å². The predicted molar refractivity (Wildman–Crippen MR) is 67.4 cm³/mol. The van der Waals surface area contributed by atoms with Gasteiger partial charge in [0.1, 0.15) is 11.0 Å². The standard InChI is InChI=1S/C11H11ClF3N5/c12-8-7-9(19-10(18-8)11(13,14)15)16-3-1-5-20-6-2-4-17-20/h2,4,6-7H,1,3,5H2,(H,16,18,19). The molecule has 0 fully saturated rings. The number of nitrogens with one attached hydrogen (secondary N) is 1. The topological polar surface area (TPSA) is 55.6 Å². The zero-order valence-corrected chi connectivity index (χ0v) is 11.0. The molecule has 2 rings (SSSR count). The van der Waals surface area contributed by atoms with Gasteiger partial charge in [0, 0.05) is 31.5 Å². The number of anilines is 1. The summed E-state index contributed by atoms with van der Waals surface area (Å²) in [6, 6.07) is 3.05. The van der Waals surface area contributed by atoms with E-state index in [1.54, 1.807) is 16.9 Å². The highest BCUT2D eigenvalue weighted by Crippen LogP contribution is 2.28. The SMILES string of the molecule is FC(F)(F)c1nc(Cl)cc(NCCCn2cccn2)n1. The average Bonchev–Trinajstić information content (AvgIpc) is 2.86. The maximum atomic E-state index is 12.5. The van der Waals surface area contributed by atoms with Gasteiger partial charge in [0.15, 0.2) is 0 Å². The van der Waals surface area contributed by atoms with Crippen LogP contribution in [0.3, 0.4) is 0 Å². The van der Waals surface area contributed by atoms with E-state index in [-0.39, 0.29) is 11.0 Å². The minimum Gasteiger partial charge on any atom is -0.370 e. The number of aryl methyl sites for hydroxylation is 1. The highest BCUT2D eigenvalue weighted by Gasteiger charge is 2.35. The molecular formula is C11H11ClF3N5. The molecule has 0 spiro atoms. The second kappa shape index (κ2) is 6.08. The van der Waals surface area contributed by atoms with Crippen LogP contribution in [0.2, 0.25) is 5.15 Å². The first-order valence-electron chi connectivity index (χ1n) is 5.78. The number of hydrogen-bond acceptors (Lipinski definition) is 4. The number of hydrogen-bond donors (Lipinski definition) is 1. The predicted octanol–water partition coefficient (Wildman–Crippen LogP) is 2.85. The summed E-state index contributed by atoms with van der Waals surface area (Å²) < 4.78 is 39.2. The maximum Gasteiger partial charge on any atom is 0.451 e. The van der Waals surface area contributed by atoms with Crippen LogP contribution < -0.4 is 5.32 Å². The number of rotatable bonds is 5. The van der Waals surface area contributed by atoms with Crippen molar-refractivity contribution in [3.8, 4) is 0 Å². The van der Waals surface area contributed by atoms with Crippen LogP contribution in [-0.4, -0.2) is 26.3 Å². The van der Waals surface area contributed by atoms with Crippen LogP contribution in [0, 0.1) is 0 Å². The van der Waals surface area contributed by atoms with E-state index in [9.17, 15) is 13.2 Å². The van der Waals surface area contributed by atoms with Crippen molar-refractivity contribution in [2.24, 2.45) is 0 Å². The van der Waals surface area contributed by atoms with Crippen molar-refractivity contribution in [3.63, 3.8) is 0 Å². The van der Waals surface area contributed by atoms with E-state index in [4.69, 9.17) is 11.6 Å². The van der Waals surface area contributed by atoms with E-state index in [1.165, 1.54) is 6.07 Å². The van der Waals surface area contributed by atoms with Gasteiger partial charge in [-0.1, -0.05) is 11.6 Å². The lowest BCUT2D eigenvalue weighted by molar-refractivity contribution is -0.144. The zero-order chi connectivity index (χ0) is 14.6. The van der Waals surface area contributed by atoms with Crippen LogP contribution in [0.15, 0.2) is 24.5 Å². The Balaban J connectivity index is 1.91. The molecule has 9 heteroatoms. The Bertz CT molecular complexity index is 556. The van der Waals surface area contributed by atoms with Gasteiger partial charge in [0.25, 0.3) is 0 Å². The molecule has 0 bridgehead atoms. The lowest BCUT2D eigenvalue weighted by Gasteiger charge is -2.09. The quantitative estimate of drug-likeness (QED) is 0.682. The summed E-state index contributed by atoms with van der Waals surface area (Å²) in [4.78, 5) is 6.53. The van der Waals surface area contributed by atoms with Crippen molar-refractivity contribution in [1.29, 1.82) is 0 Å². The molecule has 0 aliphatic rings. The summed E-state index contributed by atoms with van der Waals surface area (Å²) in [6.07, 6.45) is -0.461. The van der Waals surface area contributed by atoms with Crippen molar-refractivity contribution in [1.82, 2.24) is 19.7 Å². The second-order valence-corrected chi connectivity index (χ2v) is 4.33. The second-order valence-electron chi connectivity index (χ2n) is 3.95. The largest absolute Gasteiger partial charge is 0.451 e. The van der Waals surface area contributed by atoms with E-state index in [0.29, 0.717) is 19.5 Å². The number of halogens is 4. The lowest BCUT2D eigenvalue weighted by atomic mass is 10.4. The van der Waals surface area contributed by atoms with Gasteiger partial charge in [-0.25, -0.2) is 9.97 Å². The summed E-state index contributed by atoms with van der Waals surface area (Å²) >= 11 is 5.54. The summed E-state index contributed by atoms with van der Waals surface area (Å²) in [7, 11) is 0. The summed E-state index contributed by atoms with van der Waals surface area (Å²) in [5, 5.41) is 6.55. The van der Waals surface area contributed by atoms with E-state index < -0.39 is 12.0 Å². The van der Waals surface area contributed by atoms with Gasteiger partial charge >= 0.3 is 6.18 Å². The lowest BCUT2D eigenvalue weighted by Crippen LogP contribution is -2.14. The third-order valence-corrected chi connectivity index (χ3v) is 2.57. The van der Waals surface area contributed by atoms with Crippen molar-refractivity contribution in [2.45, 2.75) is 19.1 Å². The van der Waals surface area contributed by atoms with Crippen LogP contribution >= 0.6 is 11.6 Å². The van der Waals surface area contributed by atoms with Gasteiger partial charge in [-0.15, -0.1) is 0 Å². The molecule has 5 nitrogen and oxygen atoms in total. The minimum atomic E-state index is -4.61. The molecule has 1 N–H and O–H groups in total. The van der Waals surface area contributed by atoms with E-state index in [0.717, 1.165) is 0 Å². The number of nitrogens with zero attached hydrogens (tertiary/aromatic N) is 4. The van der Waals surface area contributed by atoms with E-state index >= 15 is 0 Å². The highest BCUT2D eigenvalue weighted by molar-refractivity contribution is 6.29. The highest BCUT2D eigenvalue weighted by atomic mass is 35.5. The van der Waals surface area contributed by atoms with Crippen molar-refractivity contribution >= 4 is 17.4 Å². The number of alkyl halides is 3. The molecule has 0 saturated heterocycles. The first-order valence-corrected chi connectivity index (χ1v) is 6.16. The molecule has 20 heavy (non-hydrogen) atoms. The van der Waals surface area contributed by atoms with Crippen molar-refractivity contribution in [2.75, 3.05) is 11.9 Å². The molecule has 0 amide bonds. The van der Waals surface area contributed by atoms with Crippen LogP contribution in [0.1, 0.15) is 12.2 Å². The molecule has 2 aromatic rings. The van der Waals surface area contributed by atoms with Crippen LogP contribution in [-0.2, 0) is 12.7 Å². The first-order chi connectivity index (χ1) is 9.45. The molecule has 2 heterocycles. The van der Waals surface area contributed by atoms with Crippen molar-refractivity contribution in [3.05, 3.63) is 35.5 Å². The third kappa shape index (κ3) is 4.09. The molecule has 0 radical (unpaired) electrons. The van der Waals surface area contributed by atoms with Gasteiger partial charge in [-0.3, -0.25) is 4.68 Å². The fourth-order valence-electron chi connectivity index (χ4n) is 1.53. The van der Waals surface area contributed by atoms with Crippen LogP contribution in [0.4, 0.5) is 19.0 Å². The van der Waals surface area contributed by atoms with Gasteiger partial charge in [0.2, 0.25) is 5.82 Å². The fraction of sp³-hybridized carbons (Fsp3) is 0.364. The summed E-state index contributed by atoms with van der Waals surface area (Å²) in [5.74, 6) is -1.20. The Labute approximate surface area is 117 Å². The molecule has 108 valence electrons. The molecule has 0 aromatic carbocycles. The molecular weight excluding hydrogens is 295 g/mol. The molecule has 0 aliphatic carbocycles. The van der Waals surface area contributed by atoms with Gasteiger partial charge in [0.05, 0.1) is 0 Å². The zero-order valence-electron chi connectivity index (χ0n) is 10.2. The average molecular weight is 306 g/mol. The Kier molecular flexibility index (Phi) is 4.43. The minimum absolute atomic E-state index is 0.0535. The van der Waals surface area contributed by atoms with E-state index in [2.05, 4.69) is 20.4 Å². The monoisotopic (exact) mass is 305 g/mol. The fourth-order valence-corrected chi connectivity index (χ4v) is 1.71. The third-order valence-electron chi connectivity index (χ3n) is 2.38. The molecule has 0 saturated carbocycles. The maximum absolute atomic E-state index is 12.5. The molecule has 0 atom stereocenters. The molecule has 2 aromatic heterocycles.